The van der Waals surface area contributed by atoms with Gasteiger partial charge in [0.15, 0.2) is 0 Å². The van der Waals surface area contributed by atoms with Crippen LogP contribution in [0.3, 0.4) is 0 Å². The lowest BCUT2D eigenvalue weighted by Gasteiger charge is -2.18. The highest BCUT2D eigenvalue weighted by Gasteiger charge is 2.16. The summed E-state index contributed by atoms with van der Waals surface area (Å²) in [5, 5.41) is 4.97. The standard InChI is InChI=1S/C56H38/c1-5-17-39(18-6-1)43-33-44(40-19-7-2-8-20-40)36-47(35-43)49-29-31-55(53-27-15-13-25-51(49)53)56-32-30-50(52-26-14-16-28-54(52)56)48-37-45(41-21-9-3-10-22-41)34-46(38-48)42-23-11-4-12-24-42/h1-38H. The van der Waals surface area contributed by atoms with Gasteiger partial charge in [0.2, 0.25) is 0 Å². The van der Waals surface area contributed by atoms with Crippen molar-refractivity contribution in [2.75, 3.05) is 0 Å². The van der Waals surface area contributed by atoms with E-state index in [-0.39, 0.29) is 0 Å². The van der Waals surface area contributed by atoms with Gasteiger partial charge in [0.25, 0.3) is 0 Å². The van der Waals surface area contributed by atoms with Gasteiger partial charge in [-0.3, -0.25) is 0 Å². The molecule has 0 spiro atoms. The molecular weight excluding hydrogens is 673 g/mol. The highest BCUT2D eigenvalue weighted by molar-refractivity contribution is 6.12. The summed E-state index contributed by atoms with van der Waals surface area (Å²) in [6.07, 6.45) is 0. The molecule has 0 N–H and O–H groups in total. The average molecular weight is 711 g/mol. The fraction of sp³-hybridized carbons (Fsp3) is 0. The first-order chi connectivity index (χ1) is 27.8. The maximum atomic E-state index is 2.35. The number of benzene rings is 10. The molecule has 10 aromatic rings. The smallest absolute Gasteiger partial charge is 0.00987 e. The van der Waals surface area contributed by atoms with Crippen LogP contribution >= 0.6 is 0 Å². The van der Waals surface area contributed by atoms with Gasteiger partial charge in [0, 0.05) is 0 Å². The maximum Gasteiger partial charge on any atom is -0.00987 e. The Morgan fingerprint density at radius 1 is 0.143 bits per heavy atom. The van der Waals surface area contributed by atoms with Crippen LogP contribution in [-0.4, -0.2) is 0 Å². The highest BCUT2D eigenvalue weighted by Crippen LogP contribution is 2.43. The minimum Gasteiger partial charge on any atom is -0.0622 e. The van der Waals surface area contributed by atoms with E-state index >= 15 is 0 Å². The van der Waals surface area contributed by atoms with E-state index < -0.39 is 0 Å². The molecule has 0 aliphatic carbocycles. The monoisotopic (exact) mass is 710 g/mol. The molecule has 10 aromatic carbocycles. The fourth-order valence-electron chi connectivity index (χ4n) is 8.33. The van der Waals surface area contributed by atoms with Gasteiger partial charge in [-0.05, 0) is 136 Å². The third kappa shape index (κ3) is 6.28. The van der Waals surface area contributed by atoms with Crippen molar-refractivity contribution in [2.45, 2.75) is 0 Å². The van der Waals surface area contributed by atoms with Crippen LogP contribution in [0.4, 0.5) is 0 Å². The second-order valence-corrected chi connectivity index (χ2v) is 14.5. The lowest BCUT2D eigenvalue weighted by atomic mass is 9.86. The Labute approximate surface area is 328 Å². The Balaban J connectivity index is 1.14. The van der Waals surface area contributed by atoms with Crippen LogP contribution in [0.25, 0.3) is 99.4 Å². The molecule has 0 amide bonds. The van der Waals surface area contributed by atoms with Crippen molar-refractivity contribution in [1.82, 2.24) is 0 Å². The van der Waals surface area contributed by atoms with E-state index in [1.807, 2.05) is 0 Å². The SMILES string of the molecule is c1ccc(-c2cc(-c3ccccc3)cc(-c3ccc(-c4ccc(-c5cc(-c6ccccc6)cc(-c6ccccc6)c5)c5ccccc45)c4ccccc34)c2)cc1. The fourth-order valence-corrected chi connectivity index (χ4v) is 8.33. The van der Waals surface area contributed by atoms with Crippen molar-refractivity contribution in [3.63, 3.8) is 0 Å². The quantitative estimate of drug-likeness (QED) is 0.154. The minimum atomic E-state index is 1.21. The molecule has 0 fully saturated rings. The van der Waals surface area contributed by atoms with Crippen molar-refractivity contribution >= 4 is 21.5 Å². The van der Waals surface area contributed by atoms with Crippen molar-refractivity contribution in [3.05, 3.63) is 231 Å². The molecule has 0 aliphatic heterocycles. The number of fused-ring (bicyclic) bond motifs is 2. The van der Waals surface area contributed by atoms with Crippen LogP contribution in [0.2, 0.25) is 0 Å². The molecule has 0 heterocycles. The summed E-state index contributed by atoms with van der Waals surface area (Å²) in [7, 11) is 0. The Morgan fingerprint density at radius 3 is 0.643 bits per heavy atom. The van der Waals surface area contributed by atoms with Crippen LogP contribution in [0.15, 0.2) is 231 Å². The van der Waals surface area contributed by atoms with Gasteiger partial charge >= 0.3 is 0 Å². The van der Waals surface area contributed by atoms with Crippen LogP contribution < -0.4 is 0 Å². The zero-order valence-electron chi connectivity index (χ0n) is 30.9. The first kappa shape index (κ1) is 33.3. The topological polar surface area (TPSA) is 0 Å². The molecule has 0 nitrogen and oxygen atoms in total. The summed E-state index contributed by atoms with van der Waals surface area (Å²) in [5.74, 6) is 0. The summed E-state index contributed by atoms with van der Waals surface area (Å²) in [4.78, 5) is 0. The number of hydrogen-bond acceptors (Lipinski definition) is 0. The third-order valence-corrected chi connectivity index (χ3v) is 11.1. The van der Waals surface area contributed by atoms with E-state index in [0.29, 0.717) is 0 Å². The van der Waals surface area contributed by atoms with Gasteiger partial charge in [-0.15, -0.1) is 0 Å². The number of hydrogen-bond donors (Lipinski definition) is 0. The number of rotatable bonds is 7. The van der Waals surface area contributed by atoms with Crippen molar-refractivity contribution < 1.29 is 0 Å². The summed E-state index contributed by atoms with van der Waals surface area (Å²) in [6, 6.07) is 84.0. The predicted octanol–water partition coefficient (Wildman–Crippen LogP) is 15.7. The van der Waals surface area contributed by atoms with Gasteiger partial charge in [0.05, 0.1) is 0 Å². The van der Waals surface area contributed by atoms with Crippen molar-refractivity contribution in [2.24, 2.45) is 0 Å². The Hall–Kier alpha value is -7.28. The van der Waals surface area contributed by atoms with Crippen LogP contribution in [0, 0.1) is 0 Å². The Kier molecular flexibility index (Phi) is 8.63. The first-order valence-corrected chi connectivity index (χ1v) is 19.3. The molecule has 0 saturated heterocycles. The molecule has 0 bridgehead atoms. The third-order valence-electron chi connectivity index (χ3n) is 11.1. The van der Waals surface area contributed by atoms with Gasteiger partial charge in [-0.1, -0.05) is 194 Å². The molecule has 262 valence electrons. The largest absolute Gasteiger partial charge is 0.0622 e. The summed E-state index contributed by atoms with van der Waals surface area (Å²) in [5.41, 5.74) is 17.0. The molecule has 56 heavy (non-hydrogen) atoms. The second kappa shape index (κ2) is 14.5. The summed E-state index contributed by atoms with van der Waals surface area (Å²) >= 11 is 0. The van der Waals surface area contributed by atoms with E-state index in [9.17, 15) is 0 Å². The molecule has 0 heteroatoms. The second-order valence-electron chi connectivity index (χ2n) is 14.5. The lowest BCUT2D eigenvalue weighted by Crippen LogP contribution is -1.91. The summed E-state index contributed by atoms with van der Waals surface area (Å²) < 4.78 is 0. The van der Waals surface area contributed by atoms with E-state index in [1.165, 1.54) is 99.4 Å². The van der Waals surface area contributed by atoms with Crippen molar-refractivity contribution in [3.8, 4) is 77.9 Å². The highest BCUT2D eigenvalue weighted by atomic mass is 14.2. The van der Waals surface area contributed by atoms with Crippen LogP contribution in [0.5, 0.6) is 0 Å². The van der Waals surface area contributed by atoms with E-state index in [4.69, 9.17) is 0 Å². The molecule has 0 radical (unpaired) electrons. The summed E-state index contributed by atoms with van der Waals surface area (Å²) in [6.45, 7) is 0. The molecule has 0 aromatic heterocycles. The normalized spacial score (nSPS) is 11.2. The maximum absolute atomic E-state index is 2.35. The lowest BCUT2D eigenvalue weighted by molar-refractivity contribution is 1.57. The van der Waals surface area contributed by atoms with E-state index in [0.717, 1.165) is 0 Å². The van der Waals surface area contributed by atoms with Crippen LogP contribution in [0.1, 0.15) is 0 Å². The van der Waals surface area contributed by atoms with Crippen molar-refractivity contribution in [1.29, 1.82) is 0 Å². The Morgan fingerprint density at radius 2 is 0.357 bits per heavy atom. The van der Waals surface area contributed by atoms with Gasteiger partial charge < -0.3 is 0 Å². The Bertz CT molecular complexity index is 2660. The molecule has 0 atom stereocenters. The minimum absolute atomic E-state index is 1.21. The predicted molar refractivity (Wildman–Crippen MR) is 240 cm³/mol. The average Bonchev–Trinajstić information content (AvgIpc) is 3.29. The van der Waals surface area contributed by atoms with Gasteiger partial charge in [-0.2, -0.15) is 0 Å². The molecular formula is C56H38. The molecule has 0 saturated carbocycles. The van der Waals surface area contributed by atoms with Gasteiger partial charge in [-0.25, -0.2) is 0 Å². The van der Waals surface area contributed by atoms with E-state index in [2.05, 4.69) is 231 Å². The molecule has 0 unspecified atom stereocenters. The molecule has 10 rings (SSSR count). The van der Waals surface area contributed by atoms with Gasteiger partial charge in [0.1, 0.15) is 0 Å². The zero-order chi connectivity index (χ0) is 37.3. The zero-order valence-corrected chi connectivity index (χ0v) is 30.9. The first-order valence-electron chi connectivity index (χ1n) is 19.3. The van der Waals surface area contributed by atoms with E-state index in [1.54, 1.807) is 0 Å². The molecule has 0 aliphatic rings. The van der Waals surface area contributed by atoms with Crippen LogP contribution in [-0.2, 0) is 0 Å².